The monoisotopic (exact) mass is 455 g/mol. The minimum absolute atomic E-state index is 0.0245. The van der Waals surface area contributed by atoms with E-state index >= 15 is 0 Å². The normalized spacial score (nSPS) is 17.2. The average Bonchev–Trinajstić information content (AvgIpc) is 2.60. The van der Waals surface area contributed by atoms with Crippen LogP contribution in [0.5, 0.6) is 5.75 Å². The van der Waals surface area contributed by atoms with Crippen LogP contribution in [0.25, 0.3) is 10.8 Å². The number of morpholine rings is 1. The predicted molar refractivity (Wildman–Crippen MR) is 93.0 cm³/mol. The number of ether oxygens (including phenoxy) is 1. The number of rotatable bonds is 5. The zero-order valence-corrected chi connectivity index (χ0v) is 16.3. The van der Waals surface area contributed by atoms with Gasteiger partial charge in [0.15, 0.2) is 0 Å². The topological polar surface area (TPSA) is 70.9 Å². The van der Waals surface area contributed by atoms with Crippen LogP contribution >= 0.6 is 0 Å². The molecule has 2 aromatic rings. The Bertz CT molecular complexity index is 788. The van der Waals surface area contributed by atoms with Crippen molar-refractivity contribution in [2.24, 2.45) is 3.21 Å². The van der Waals surface area contributed by atoms with Crippen molar-refractivity contribution < 1.29 is 40.9 Å². The van der Waals surface area contributed by atoms with Gasteiger partial charge in [0, 0.05) is 0 Å². The summed E-state index contributed by atoms with van der Waals surface area (Å²) in [7, 11) is 2.08. The first-order valence-corrected chi connectivity index (χ1v) is 10.2. The molecule has 1 aliphatic heterocycles. The van der Waals surface area contributed by atoms with Crippen LogP contribution in [0.2, 0.25) is 0 Å². The number of phenolic OH excluding ortho intramolecular Hbond substituents is 1. The fraction of sp³-hybridized carbons (Fsp3) is 0.333. The number of benzene rings is 2. The Morgan fingerprint density at radius 3 is 2.88 bits per heavy atom. The number of nitrogens with zero attached hydrogens (tertiary/aromatic N) is 2. The van der Waals surface area contributed by atoms with Gasteiger partial charge in [-0.3, -0.25) is 0 Å². The van der Waals surface area contributed by atoms with Crippen LogP contribution < -0.4 is 25.3 Å². The molecule has 0 bridgehead atoms. The molecule has 1 fully saturated rings. The molecule has 1 aliphatic rings. The number of carbonyl (C=O) groups excluding carboxylic acids is 1. The first-order valence-electron chi connectivity index (χ1n) is 8.15. The van der Waals surface area contributed by atoms with Gasteiger partial charge in [-0.2, -0.15) is 0 Å². The second-order valence-electron chi connectivity index (χ2n) is 6.39. The van der Waals surface area contributed by atoms with E-state index in [9.17, 15) is 9.90 Å². The molecule has 0 aromatic heterocycles. The maximum atomic E-state index is 12.1. The third kappa shape index (κ3) is 4.68. The second-order valence-corrected chi connectivity index (χ2v) is 7.96. The summed E-state index contributed by atoms with van der Waals surface area (Å²) in [5, 5.41) is 12.1. The van der Waals surface area contributed by atoms with Crippen LogP contribution in [0.3, 0.4) is 0 Å². The molecule has 1 saturated heterocycles. The molecule has 0 spiro atoms. The number of amides is 1. The number of nitrogens with one attached hydrogen (secondary N) is 1. The van der Waals surface area contributed by atoms with Crippen molar-refractivity contribution in [1.82, 2.24) is 3.53 Å². The van der Waals surface area contributed by atoms with Gasteiger partial charge in [0.25, 0.3) is 0 Å². The molecular weight excluding hydrogens is 433 g/mol. The number of halogens is 1. The van der Waals surface area contributed by atoms with Gasteiger partial charge in [0.1, 0.15) is 0 Å². The number of likely N-dealkylation sites (N-methyl/N-ethyl adjacent to an activating group) is 1. The Kier molecular flexibility index (Phi) is 5.87. The van der Waals surface area contributed by atoms with E-state index in [-0.39, 0.29) is 11.7 Å². The van der Waals surface area contributed by atoms with Crippen LogP contribution in [0.4, 0.5) is 0 Å². The second kappa shape index (κ2) is 8.11. The van der Waals surface area contributed by atoms with Crippen molar-refractivity contribution >= 4 is 22.9 Å². The van der Waals surface area contributed by atoms with Crippen LogP contribution in [-0.4, -0.2) is 61.6 Å². The molecule has 0 saturated carbocycles. The number of phenols is 1. The van der Waals surface area contributed by atoms with Crippen molar-refractivity contribution in [1.29, 1.82) is 0 Å². The van der Waals surface area contributed by atoms with Crippen molar-refractivity contribution in [3.8, 4) is 5.75 Å². The van der Waals surface area contributed by atoms with E-state index in [1.54, 1.807) is 12.3 Å². The number of carbonyl (C=O) groups is 1. The van der Waals surface area contributed by atoms with E-state index in [0.717, 1.165) is 23.9 Å². The van der Waals surface area contributed by atoms with E-state index in [1.165, 1.54) is 0 Å². The molecule has 134 valence electrons. The summed E-state index contributed by atoms with van der Waals surface area (Å²) in [6, 6.07) is 11.4. The van der Waals surface area contributed by atoms with E-state index in [4.69, 9.17) is 4.74 Å². The van der Waals surface area contributed by atoms with Crippen molar-refractivity contribution in [2.75, 3.05) is 39.9 Å². The standard InChI is InChI=1S/C18H22IN3O3/c1-22(8-10-25-11-9-22)13-18(24)21-19-20-12-16-15-5-3-2-4-14(15)6-7-17(16)23/h2-7,12,23H,8-11,13H2,1H3,(H,21,24). The van der Waals surface area contributed by atoms with Crippen LogP contribution in [0.1, 0.15) is 5.56 Å². The van der Waals surface area contributed by atoms with Gasteiger partial charge < -0.3 is 0 Å². The van der Waals surface area contributed by atoms with Gasteiger partial charge in [0.2, 0.25) is 0 Å². The minimum atomic E-state index is -0.845. The van der Waals surface area contributed by atoms with E-state index in [2.05, 4.69) is 13.8 Å². The average molecular weight is 455 g/mol. The third-order valence-corrected chi connectivity index (χ3v) is 5.80. The molecule has 6 nitrogen and oxygen atoms in total. The predicted octanol–water partition coefficient (Wildman–Crippen LogP) is -1.52. The Hall–Kier alpha value is -1.71. The van der Waals surface area contributed by atoms with Crippen LogP contribution in [0.15, 0.2) is 39.6 Å². The molecule has 2 N–H and O–H groups in total. The number of aromatic hydroxyl groups is 1. The van der Waals surface area contributed by atoms with E-state index < -0.39 is 21.8 Å². The summed E-state index contributed by atoms with van der Waals surface area (Å²) in [6.45, 7) is 3.59. The van der Waals surface area contributed by atoms with Crippen molar-refractivity contribution in [3.63, 3.8) is 0 Å². The fourth-order valence-electron chi connectivity index (χ4n) is 2.88. The van der Waals surface area contributed by atoms with Gasteiger partial charge in [-0.05, 0) is 0 Å². The van der Waals surface area contributed by atoms with E-state index in [0.29, 0.717) is 29.8 Å². The summed E-state index contributed by atoms with van der Waals surface area (Å²) < 4.78 is 13.4. The van der Waals surface area contributed by atoms with Crippen molar-refractivity contribution in [2.45, 2.75) is 0 Å². The number of hydrogen-bond acceptors (Lipinski definition) is 4. The summed E-state index contributed by atoms with van der Waals surface area (Å²) >= 11 is -0.845. The van der Waals surface area contributed by atoms with Gasteiger partial charge in [-0.15, -0.1) is 0 Å². The fourth-order valence-corrected chi connectivity index (χ4v) is 3.88. The molecule has 2 aromatic carbocycles. The number of fused-ring (bicyclic) bond motifs is 1. The molecule has 25 heavy (non-hydrogen) atoms. The third-order valence-electron chi connectivity index (χ3n) is 4.40. The van der Waals surface area contributed by atoms with E-state index in [1.807, 2.05) is 30.3 Å². The zero-order chi connectivity index (χ0) is 17.7. The molecule has 0 atom stereocenters. The molecule has 1 amide bonds. The molecule has 0 unspecified atom stereocenters. The summed E-state index contributed by atoms with van der Waals surface area (Å²) in [4.78, 5) is 12.1. The van der Waals surface area contributed by atoms with Crippen LogP contribution in [-0.2, 0) is 9.53 Å². The number of quaternary nitrogens is 1. The number of hydrogen-bond donors (Lipinski definition) is 2. The Morgan fingerprint density at radius 1 is 1.32 bits per heavy atom. The Labute approximate surface area is 158 Å². The molecule has 3 rings (SSSR count). The van der Waals surface area contributed by atoms with Crippen molar-refractivity contribution in [3.05, 3.63) is 42.0 Å². The first-order chi connectivity index (χ1) is 12.1. The molecule has 7 heteroatoms. The quantitative estimate of drug-likeness (QED) is 0.249. The first kappa shape index (κ1) is 18.1. The van der Waals surface area contributed by atoms with Crippen LogP contribution in [0, 0.1) is 0 Å². The van der Waals surface area contributed by atoms with Gasteiger partial charge >= 0.3 is 158 Å². The molecule has 0 radical (unpaired) electrons. The summed E-state index contributed by atoms with van der Waals surface area (Å²) in [6.07, 6.45) is 1.66. The van der Waals surface area contributed by atoms with Gasteiger partial charge in [0.05, 0.1) is 0 Å². The maximum absolute atomic E-state index is 12.1. The zero-order valence-electron chi connectivity index (χ0n) is 14.1. The molecular formula is C18H22IN3O3. The molecule has 0 aliphatic carbocycles. The SMILES string of the molecule is C[N+]1(CC(=O)N[I-]N=Cc2c(O)ccc3ccccc23)CCOCC1. The molecule has 1 heterocycles. The Morgan fingerprint density at radius 2 is 2.08 bits per heavy atom. The Balaban J connectivity index is 1.59. The van der Waals surface area contributed by atoms with Gasteiger partial charge in [-0.1, -0.05) is 0 Å². The summed E-state index contributed by atoms with van der Waals surface area (Å²) in [5.41, 5.74) is 0.694. The summed E-state index contributed by atoms with van der Waals surface area (Å²) in [5.74, 6) is 0.223. The van der Waals surface area contributed by atoms with Gasteiger partial charge in [-0.25, -0.2) is 0 Å².